The summed E-state index contributed by atoms with van der Waals surface area (Å²) in [5.41, 5.74) is 2.29. The van der Waals surface area contributed by atoms with Gasteiger partial charge in [0.1, 0.15) is 21.8 Å². The monoisotopic (exact) mass is 436 g/mol. The van der Waals surface area contributed by atoms with Crippen LogP contribution in [0.25, 0.3) is 26.3 Å². The van der Waals surface area contributed by atoms with Crippen LogP contribution in [0.2, 0.25) is 5.02 Å². The molecule has 1 aromatic carbocycles. The summed E-state index contributed by atoms with van der Waals surface area (Å²) in [5.74, 6) is 0.539. The van der Waals surface area contributed by atoms with Gasteiger partial charge in [-0.2, -0.15) is 0 Å². The third-order valence-electron chi connectivity index (χ3n) is 4.38. The smallest absolute Gasteiger partial charge is 0.258 e. The van der Waals surface area contributed by atoms with Crippen LogP contribution in [0.3, 0.4) is 0 Å². The molecule has 0 unspecified atom stereocenters. The van der Waals surface area contributed by atoms with Gasteiger partial charge in [-0.15, -0.1) is 11.3 Å². The second-order valence-corrected chi connectivity index (χ2v) is 8.76. The molecule has 29 heavy (non-hydrogen) atoms. The molecule has 8 heteroatoms. The molecular formula is C21H13ClN4OS2. The highest BCUT2D eigenvalue weighted by molar-refractivity contribution is 7.98. The van der Waals surface area contributed by atoms with E-state index < -0.39 is 0 Å². The molecule has 0 saturated heterocycles. The van der Waals surface area contributed by atoms with Gasteiger partial charge in [0.2, 0.25) is 0 Å². The Bertz CT molecular complexity index is 1400. The molecule has 0 aliphatic heterocycles. The summed E-state index contributed by atoms with van der Waals surface area (Å²) < 4.78 is 1.45. The maximum Gasteiger partial charge on any atom is 0.258 e. The Morgan fingerprint density at radius 1 is 1.07 bits per heavy atom. The number of thioether (sulfide) groups is 1. The summed E-state index contributed by atoms with van der Waals surface area (Å²) in [6, 6.07) is 17.4. The zero-order chi connectivity index (χ0) is 19.8. The Morgan fingerprint density at radius 2 is 1.93 bits per heavy atom. The van der Waals surface area contributed by atoms with E-state index in [-0.39, 0.29) is 5.56 Å². The number of hydrogen-bond acceptors (Lipinski definition) is 6. The van der Waals surface area contributed by atoms with E-state index in [1.165, 1.54) is 10.5 Å². The normalized spacial score (nSPS) is 11.3. The molecule has 0 aliphatic rings. The minimum absolute atomic E-state index is 0.150. The van der Waals surface area contributed by atoms with Crippen LogP contribution in [-0.4, -0.2) is 19.4 Å². The van der Waals surface area contributed by atoms with E-state index in [1.807, 2.05) is 18.2 Å². The summed E-state index contributed by atoms with van der Waals surface area (Å²) in [6.07, 6.45) is 3.16. The van der Waals surface area contributed by atoms with E-state index in [9.17, 15) is 4.79 Å². The van der Waals surface area contributed by atoms with Crippen molar-refractivity contribution in [2.24, 2.45) is 0 Å². The first-order valence-corrected chi connectivity index (χ1v) is 11.0. The predicted molar refractivity (Wildman–Crippen MR) is 119 cm³/mol. The van der Waals surface area contributed by atoms with Crippen LogP contribution in [0.15, 0.2) is 76.9 Å². The molecule has 5 nitrogen and oxygen atoms in total. The maximum atomic E-state index is 12.4. The molecule has 4 aromatic heterocycles. The van der Waals surface area contributed by atoms with Crippen molar-refractivity contribution in [2.45, 2.75) is 10.8 Å². The lowest BCUT2D eigenvalue weighted by molar-refractivity contribution is 1.01. The molecule has 0 fully saturated rings. The number of rotatable bonds is 4. The van der Waals surface area contributed by atoms with E-state index in [2.05, 4.69) is 33.2 Å². The Hall–Kier alpha value is -2.74. The Morgan fingerprint density at radius 3 is 2.79 bits per heavy atom. The SMILES string of the molecule is O=c1cc(CSc2ncnc3sc(-c4ccccc4)cc23)nc2ccc(Cl)cn12. The average Bonchev–Trinajstić information content (AvgIpc) is 3.18. The van der Waals surface area contributed by atoms with Crippen LogP contribution in [0.5, 0.6) is 0 Å². The van der Waals surface area contributed by atoms with Crippen molar-refractivity contribution in [3.05, 3.63) is 88.2 Å². The van der Waals surface area contributed by atoms with Gasteiger partial charge in [0.15, 0.2) is 0 Å². The van der Waals surface area contributed by atoms with Gasteiger partial charge in [-0.05, 0) is 23.8 Å². The van der Waals surface area contributed by atoms with Crippen LogP contribution in [0.4, 0.5) is 0 Å². The Kier molecular flexibility index (Phi) is 4.79. The lowest BCUT2D eigenvalue weighted by atomic mass is 10.2. The summed E-state index contributed by atoms with van der Waals surface area (Å²) in [4.78, 5) is 27.9. The van der Waals surface area contributed by atoms with Gasteiger partial charge in [0.05, 0.1) is 10.7 Å². The van der Waals surface area contributed by atoms with Gasteiger partial charge in [0, 0.05) is 28.3 Å². The van der Waals surface area contributed by atoms with Crippen molar-refractivity contribution in [1.82, 2.24) is 19.4 Å². The third kappa shape index (κ3) is 3.64. The standard InChI is InChI=1S/C21H13ClN4OS2/c22-14-6-7-18-25-15(8-19(27)26(18)10-14)11-28-20-16-9-17(13-4-2-1-3-5-13)29-21(16)24-12-23-20/h1-10,12H,11H2. The van der Waals surface area contributed by atoms with E-state index in [0.29, 0.717) is 22.1 Å². The highest BCUT2D eigenvalue weighted by atomic mass is 35.5. The van der Waals surface area contributed by atoms with Gasteiger partial charge in [-0.25, -0.2) is 15.0 Å². The lowest BCUT2D eigenvalue weighted by Crippen LogP contribution is -2.15. The fourth-order valence-electron chi connectivity index (χ4n) is 3.04. The van der Waals surface area contributed by atoms with Crippen LogP contribution in [0.1, 0.15) is 5.69 Å². The van der Waals surface area contributed by atoms with Gasteiger partial charge in [0.25, 0.3) is 5.56 Å². The van der Waals surface area contributed by atoms with Crippen molar-refractivity contribution in [2.75, 3.05) is 0 Å². The third-order valence-corrected chi connectivity index (χ3v) is 6.74. The molecule has 0 aliphatic carbocycles. The van der Waals surface area contributed by atoms with Gasteiger partial charge in [-0.1, -0.05) is 53.7 Å². The highest BCUT2D eigenvalue weighted by Crippen LogP contribution is 2.36. The van der Waals surface area contributed by atoms with Crippen molar-refractivity contribution >= 4 is 50.6 Å². The number of thiophene rings is 1. The Labute approximate surface area is 179 Å². The number of fused-ring (bicyclic) bond motifs is 2. The van der Waals surface area contributed by atoms with Gasteiger partial charge < -0.3 is 0 Å². The number of halogens is 1. The molecule has 5 aromatic rings. The van der Waals surface area contributed by atoms with Crippen molar-refractivity contribution in [3.63, 3.8) is 0 Å². The number of nitrogens with zero attached hydrogens (tertiary/aromatic N) is 4. The van der Waals surface area contributed by atoms with Crippen molar-refractivity contribution in [1.29, 1.82) is 0 Å². The molecule has 0 saturated carbocycles. The topological polar surface area (TPSA) is 60.2 Å². The summed E-state index contributed by atoms with van der Waals surface area (Å²) in [7, 11) is 0. The molecule has 0 amide bonds. The number of hydrogen-bond donors (Lipinski definition) is 0. The average molecular weight is 437 g/mol. The van der Waals surface area contributed by atoms with Gasteiger partial charge in [-0.3, -0.25) is 9.20 Å². The fraction of sp³-hybridized carbons (Fsp3) is 0.0476. The van der Waals surface area contributed by atoms with Gasteiger partial charge >= 0.3 is 0 Å². The van der Waals surface area contributed by atoms with Crippen molar-refractivity contribution < 1.29 is 0 Å². The maximum absolute atomic E-state index is 12.4. The molecule has 0 N–H and O–H groups in total. The minimum Gasteiger partial charge on any atom is -0.269 e. The first-order chi connectivity index (χ1) is 14.2. The molecule has 0 atom stereocenters. The van der Waals surface area contributed by atoms with E-state index in [0.717, 1.165) is 25.7 Å². The largest absolute Gasteiger partial charge is 0.269 e. The molecule has 0 spiro atoms. The second-order valence-electron chi connectivity index (χ2n) is 6.32. The molecular weight excluding hydrogens is 424 g/mol. The zero-order valence-corrected chi connectivity index (χ0v) is 17.3. The summed E-state index contributed by atoms with van der Waals surface area (Å²) in [5, 5.41) is 2.40. The van der Waals surface area contributed by atoms with Crippen LogP contribution in [0, 0.1) is 0 Å². The number of benzene rings is 1. The van der Waals surface area contributed by atoms with Crippen LogP contribution >= 0.6 is 34.7 Å². The molecule has 0 bridgehead atoms. The predicted octanol–water partition coefficient (Wildman–Crippen LogP) is 5.31. The first-order valence-electron chi connectivity index (χ1n) is 8.78. The van der Waals surface area contributed by atoms with E-state index in [1.54, 1.807) is 47.8 Å². The Balaban J connectivity index is 1.46. The van der Waals surface area contributed by atoms with E-state index in [4.69, 9.17) is 11.6 Å². The van der Waals surface area contributed by atoms with Crippen LogP contribution < -0.4 is 5.56 Å². The quantitative estimate of drug-likeness (QED) is 0.282. The summed E-state index contributed by atoms with van der Waals surface area (Å²) in [6.45, 7) is 0. The summed E-state index contributed by atoms with van der Waals surface area (Å²) >= 11 is 9.17. The molecule has 5 rings (SSSR count). The molecule has 0 radical (unpaired) electrons. The van der Waals surface area contributed by atoms with E-state index >= 15 is 0 Å². The minimum atomic E-state index is -0.150. The zero-order valence-electron chi connectivity index (χ0n) is 14.9. The molecule has 4 heterocycles. The fourth-order valence-corrected chi connectivity index (χ4v) is 5.13. The van der Waals surface area contributed by atoms with Crippen molar-refractivity contribution in [3.8, 4) is 10.4 Å². The molecule has 142 valence electrons. The first kappa shape index (κ1) is 18.3. The number of pyridine rings is 1. The second kappa shape index (κ2) is 7.59. The number of aromatic nitrogens is 4. The highest BCUT2D eigenvalue weighted by Gasteiger charge is 2.12. The van der Waals surface area contributed by atoms with Crippen LogP contribution in [-0.2, 0) is 5.75 Å². The lowest BCUT2D eigenvalue weighted by Gasteiger charge is -2.05.